The van der Waals surface area contributed by atoms with E-state index in [4.69, 9.17) is 0 Å². The number of nitrogens with one attached hydrogen (secondary N) is 3. The van der Waals surface area contributed by atoms with Crippen LogP contribution in [0.4, 0.5) is 5.69 Å². The van der Waals surface area contributed by atoms with Gasteiger partial charge in [0.25, 0.3) is 0 Å². The summed E-state index contributed by atoms with van der Waals surface area (Å²) in [6, 6.07) is 9.21. The first-order chi connectivity index (χ1) is 10.7. The second-order valence-electron chi connectivity index (χ2n) is 6.26. The third-order valence-electron chi connectivity index (χ3n) is 4.88. The van der Waals surface area contributed by atoms with E-state index < -0.39 is 0 Å². The van der Waals surface area contributed by atoms with Gasteiger partial charge in [-0.1, -0.05) is 40.9 Å². The summed E-state index contributed by atoms with van der Waals surface area (Å²) >= 11 is 3.49. The third kappa shape index (κ3) is 2.42. The Kier molecular flexibility index (Phi) is 3.62. The van der Waals surface area contributed by atoms with Gasteiger partial charge in [-0.05, 0) is 30.5 Å². The van der Waals surface area contributed by atoms with E-state index in [-0.39, 0.29) is 11.9 Å². The molecule has 0 unspecified atom stereocenters. The molecule has 1 aliphatic carbocycles. The van der Waals surface area contributed by atoms with Crippen molar-refractivity contribution < 1.29 is 5.11 Å². The van der Waals surface area contributed by atoms with Crippen molar-refractivity contribution >= 4 is 21.6 Å². The molecule has 0 bridgehead atoms. The molecule has 0 amide bonds. The lowest BCUT2D eigenvalue weighted by atomic mass is 9.89. The number of halogens is 1. The third-order valence-corrected chi connectivity index (χ3v) is 5.41. The molecule has 4 rings (SSSR count). The molecule has 1 fully saturated rings. The van der Waals surface area contributed by atoms with Crippen molar-refractivity contribution in [3.8, 4) is 5.88 Å². The number of H-pyrrole nitrogens is 1. The predicted octanol–water partition coefficient (Wildman–Crippen LogP) is 3.90. The lowest BCUT2D eigenvalue weighted by molar-refractivity contribution is 0.331. The lowest BCUT2D eigenvalue weighted by Crippen LogP contribution is -2.45. The molecule has 4 nitrogen and oxygen atoms in total. The van der Waals surface area contributed by atoms with Crippen LogP contribution in [0.3, 0.4) is 0 Å². The summed E-state index contributed by atoms with van der Waals surface area (Å²) in [5.74, 6) is 0.251. The van der Waals surface area contributed by atoms with E-state index in [0.29, 0.717) is 12.1 Å². The summed E-state index contributed by atoms with van der Waals surface area (Å²) in [5.41, 5.74) is 3.12. The number of aromatic amines is 1. The zero-order chi connectivity index (χ0) is 15.1. The molecule has 0 saturated heterocycles. The first-order valence-electron chi connectivity index (χ1n) is 7.90. The molecule has 2 heterocycles. The average Bonchev–Trinajstić information content (AvgIpc) is 2.79. The van der Waals surface area contributed by atoms with Crippen LogP contribution in [0.5, 0.6) is 5.88 Å². The number of benzene rings is 1. The van der Waals surface area contributed by atoms with Gasteiger partial charge >= 0.3 is 0 Å². The van der Waals surface area contributed by atoms with Gasteiger partial charge in [-0.3, -0.25) is 0 Å². The molecule has 22 heavy (non-hydrogen) atoms. The van der Waals surface area contributed by atoms with Crippen LogP contribution in [0, 0.1) is 0 Å². The SMILES string of the molecule is Oc1[nH]cc2c1[C@H](c1ccc(Br)cc1)N[C@@H]1CCCC[C@H]1N2. The highest BCUT2D eigenvalue weighted by atomic mass is 79.9. The van der Waals surface area contributed by atoms with Crippen molar-refractivity contribution in [2.24, 2.45) is 0 Å². The molecule has 2 aromatic rings. The monoisotopic (exact) mass is 361 g/mol. The average molecular weight is 362 g/mol. The van der Waals surface area contributed by atoms with E-state index in [9.17, 15) is 5.11 Å². The van der Waals surface area contributed by atoms with Crippen LogP contribution in [0.15, 0.2) is 34.9 Å². The highest BCUT2D eigenvalue weighted by Gasteiger charge is 2.34. The Labute approximate surface area is 138 Å². The van der Waals surface area contributed by atoms with Crippen molar-refractivity contribution in [2.75, 3.05) is 5.32 Å². The molecule has 5 heteroatoms. The van der Waals surface area contributed by atoms with Gasteiger partial charge in [-0.15, -0.1) is 0 Å². The molecule has 1 aliphatic heterocycles. The van der Waals surface area contributed by atoms with Gasteiger partial charge in [0, 0.05) is 22.8 Å². The summed E-state index contributed by atoms with van der Waals surface area (Å²) in [6.07, 6.45) is 6.78. The Bertz CT molecular complexity index is 667. The van der Waals surface area contributed by atoms with Gasteiger partial charge in [0.2, 0.25) is 0 Å². The van der Waals surface area contributed by atoms with E-state index in [1.54, 1.807) is 0 Å². The number of fused-ring (bicyclic) bond motifs is 2. The molecule has 0 radical (unpaired) electrons. The standard InChI is InChI=1S/C17H20BrN3O/c18-11-7-5-10(6-8-11)16-15-14(9-19-17(15)22)20-12-3-1-2-4-13(12)21-16/h5-9,12-13,16,19-22H,1-4H2/t12-,13-,16+/m1/s1. The quantitative estimate of drug-likeness (QED) is 0.622. The number of hydrogen-bond acceptors (Lipinski definition) is 3. The fourth-order valence-electron chi connectivity index (χ4n) is 3.75. The Morgan fingerprint density at radius 3 is 2.55 bits per heavy atom. The second kappa shape index (κ2) is 5.63. The van der Waals surface area contributed by atoms with Crippen LogP contribution in [0.2, 0.25) is 0 Å². The summed E-state index contributed by atoms with van der Waals surface area (Å²) in [6.45, 7) is 0. The minimum absolute atomic E-state index is 0.00921. The van der Waals surface area contributed by atoms with Gasteiger partial charge in [0.15, 0.2) is 5.88 Å². The van der Waals surface area contributed by atoms with Crippen LogP contribution in [0.25, 0.3) is 0 Å². The van der Waals surface area contributed by atoms with Gasteiger partial charge in [-0.25, -0.2) is 0 Å². The molecule has 0 spiro atoms. The van der Waals surface area contributed by atoms with E-state index >= 15 is 0 Å². The molecular formula is C17H20BrN3O. The van der Waals surface area contributed by atoms with Gasteiger partial charge in [0.05, 0.1) is 17.3 Å². The van der Waals surface area contributed by atoms with Crippen molar-refractivity contribution in [3.63, 3.8) is 0 Å². The maximum atomic E-state index is 10.3. The molecular weight excluding hydrogens is 342 g/mol. The fourth-order valence-corrected chi connectivity index (χ4v) is 4.02. The van der Waals surface area contributed by atoms with E-state index in [0.717, 1.165) is 15.7 Å². The highest BCUT2D eigenvalue weighted by Crippen LogP contribution is 2.40. The maximum absolute atomic E-state index is 10.3. The van der Waals surface area contributed by atoms with E-state index in [2.05, 4.69) is 55.8 Å². The van der Waals surface area contributed by atoms with E-state index in [1.165, 1.54) is 31.2 Å². The van der Waals surface area contributed by atoms with Crippen molar-refractivity contribution in [3.05, 3.63) is 46.1 Å². The zero-order valence-corrected chi connectivity index (χ0v) is 13.9. The van der Waals surface area contributed by atoms with Crippen LogP contribution >= 0.6 is 15.9 Å². The van der Waals surface area contributed by atoms with Gasteiger partial charge in [0.1, 0.15) is 0 Å². The van der Waals surface area contributed by atoms with E-state index in [1.807, 2.05) is 6.20 Å². The minimum atomic E-state index is 0.00921. The smallest absolute Gasteiger partial charge is 0.195 e. The zero-order valence-electron chi connectivity index (χ0n) is 12.3. The highest BCUT2D eigenvalue weighted by molar-refractivity contribution is 9.10. The topological polar surface area (TPSA) is 60.1 Å². The molecule has 2 aliphatic rings. The second-order valence-corrected chi connectivity index (χ2v) is 7.17. The Balaban J connectivity index is 1.77. The first kappa shape index (κ1) is 14.2. The Morgan fingerprint density at radius 1 is 1.05 bits per heavy atom. The van der Waals surface area contributed by atoms with Crippen molar-refractivity contribution in [2.45, 2.75) is 43.8 Å². The number of hydrogen-bond donors (Lipinski definition) is 4. The molecule has 3 atom stereocenters. The Hall–Kier alpha value is -1.46. The lowest BCUT2D eigenvalue weighted by Gasteiger charge is -2.33. The van der Waals surface area contributed by atoms with Gasteiger partial charge < -0.3 is 20.7 Å². The number of rotatable bonds is 1. The fraction of sp³-hybridized carbons (Fsp3) is 0.412. The first-order valence-corrected chi connectivity index (χ1v) is 8.70. The minimum Gasteiger partial charge on any atom is -0.494 e. The normalized spacial score (nSPS) is 27.4. The molecule has 1 aromatic heterocycles. The predicted molar refractivity (Wildman–Crippen MR) is 91.2 cm³/mol. The summed E-state index contributed by atoms with van der Waals surface area (Å²) in [5, 5.41) is 17.7. The molecule has 1 aromatic carbocycles. The maximum Gasteiger partial charge on any atom is 0.195 e. The number of aromatic nitrogens is 1. The number of anilines is 1. The summed E-state index contributed by atoms with van der Waals surface area (Å²) in [4.78, 5) is 2.96. The van der Waals surface area contributed by atoms with Crippen LogP contribution in [0.1, 0.15) is 42.9 Å². The summed E-state index contributed by atoms with van der Waals surface area (Å²) in [7, 11) is 0. The van der Waals surface area contributed by atoms with Crippen LogP contribution in [-0.4, -0.2) is 22.2 Å². The largest absolute Gasteiger partial charge is 0.494 e. The van der Waals surface area contributed by atoms with Crippen molar-refractivity contribution in [1.29, 1.82) is 0 Å². The number of aromatic hydroxyl groups is 1. The summed E-state index contributed by atoms with van der Waals surface area (Å²) < 4.78 is 1.07. The van der Waals surface area contributed by atoms with Crippen LogP contribution in [-0.2, 0) is 0 Å². The van der Waals surface area contributed by atoms with Gasteiger partial charge in [-0.2, -0.15) is 0 Å². The Morgan fingerprint density at radius 2 is 1.77 bits per heavy atom. The van der Waals surface area contributed by atoms with Crippen LogP contribution < -0.4 is 10.6 Å². The molecule has 1 saturated carbocycles. The molecule has 116 valence electrons. The van der Waals surface area contributed by atoms with Crippen molar-refractivity contribution in [1.82, 2.24) is 10.3 Å². The molecule has 4 N–H and O–H groups in total.